The first kappa shape index (κ1) is 15.5. The summed E-state index contributed by atoms with van der Waals surface area (Å²) in [4.78, 5) is 28.3. The van der Waals surface area contributed by atoms with E-state index in [1.165, 1.54) is 0 Å². The second-order valence-corrected chi connectivity index (χ2v) is 7.48. The Morgan fingerprint density at radius 1 is 1.32 bits per heavy atom. The summed E-state index contributed by atoms with van der Waals surface area (Å²) >= 11 is 1.61. The van der Waals surface area contributed by atoms with Gasteiger partial charge in [0.25, 0.3) is 0 Å². The molecule has 0 radical (unpaired) electrons. The molecular weight excluding hydrogens is 300 g/mol. The Kier molecular flexibility index (Phi) is 4.21. The van der Waals surface area contributed by atoms with Crippen LogP contribution in [0, 0.1) is 18.8 Å². The molecule has 1 aromatic rings. The van der Waals surface area contributed by atoms with Gasteiger partial charge in [0.05, 0.1) is 11.5 Å². The summed E-state index contributed by atoms with van der Waals surface area (Å²) in [6, 6.07) is 0. The highest BCUT2D eigenvalue weighted by atomic mass is 32.1. The molecule has 2 saturated carbocycles. The molecule has 2 aliphatic rings. The Bertz CT molecular complexity index is 580. The number of carboxylic acids is 1. The Morgan fingerprint density at radius 3 is 2.59 bits per heavy atom. The van der Waals surface area contributed by atoms with E-state index in [9.17, 15) is 9.59 Å². The SMILES string of the molecule is Cc1csc(C2(NC(=O)C3CCCC(C(=O)O)C3)CCC2)n1. The van der Waals surface area contributed by atoms with E-state index in [1.807, 2.05) is 12.3 Å². The maximum Gasteiger partial charge on any atom is 0.306 e. The van der Waals surface area contributed by atoms with E-state index in [0.29, 0.717) is 12.8 Å². The van der Waals surface area contributed by atoms with Crippen molar-refractivity contribution >= 4 is 23.2 Å². The molecule has 0 bridgehead atoms. The summed E-state index contributed by atoms with van der Waals surface area (Å²) in [6.45, 7) is 1.97. The number of thiazole rings is 1. The van der Waals surface area contributed by atoms with Crippen LogP contribution in [0.2, 0.25) is 0 Å². The van der Waals surface area contributed by atoms with Crippen molar-refractivity contribution in [2.75, 3.05) is 0 Å². The zero-order valence-electron chi connectivity index (χ0n) is 12.8. The molecule has 0 saturated heterocycles. The Labute approximate surface area is 134 Å². The normalized spacial score (nSPS) is 27.0. The third-order valence-corrected chi connectivity index (χ3v) is 6.16. The highest BCUT2D eigenvalue weighted by Crippen LogP contribution is 2.43. The van der Waals surface area contributed by atoms with Crippen LogP contribution in [0.15, 0.2) is 5.38 Å². The minimum atomic E-state index is -0.772. The van der Waals surface area contributed by atoms with Gasteiger partial charge in [-0.15, -0.1) is 11.3 Å². The van der Waals surface area contributed by atoms with Crippen LogP contribution in [0.4, 0.5) is 0 Å². The molecule has 22 heavy (non-hydrogen) atoms. The number of carbonyl (C=O) groups is 2. The van der Waals surface area contributed by atoms with Gasteiger partial charge in [0.2, 0.25) is 5.91 Å². The quantitative estimate of drug-likeness (QED) is 0.893. The largest absolute Gasteiger partial charge is 0.481 e. The molecule has 0 aromatic carbocycles. The van der Waals surface area contributed by atoms with Crippen molar-refractivity contribution < 1.29 is 14.7 Å². The smallest absolute Gasteiger partial charge is 0.306 e. The van der Waals surface area contributed by atoms with Crippen molar-refractivity contribution in [2.45, 2.75) is 57.4 Å². The molecule has 1 heterocycles. The van der Waals surface area contributed by atoms with E-state index in [-0.39, 0.29) is 23.3 Å². The number of aryl methyl sites for hydroxylation is 1. The first-order chi connectivity index (χ1) is 10.5. The van der Waals surface area contributed by atoms with Gasteiger partial charge in [0.1, 0.15) is 5.01 Å². The molecule has 1 amide bonds. The number of nitrogens with zero attached hydrogens (tertiary/aromatic N) is 1. The van der Waals surface area contributed by atoms with Crippen molar-refractivity contribution in [1.29, 1.82) is 0 Å². The van der Waals surface area contributed by atoms with Crippen molar-refractivity contribution in [3.8, 4) is 0 Å². The van der Waals surface area contributed by atoms with E-state index >= 15 is 0 Å². The van der Waals surface area contributed by atoms with Crippen LogP contribution in [-0.4, -0.2) is 22.0 Å². The van der Waals surface area contributed by atoms with Crippen LogP contribution in [0.25, 0.3) is 0 Å². The second-order valence-electron chi connectivity index (χ2n) is 6.62. The third kappa shape index (κ3) is 2.89. The number of hydrogen-bond donors (Lipinski definition) is 2. The van der Waals surface area contributed by atoms with Gasteiger partial charge >= 0.3 is 5.97 Å². The van der Waals surface area contributed by atoms with Gasteiger partial charge in [0, 0.05) is 17.0 Å². The monoisotopic (exact) mass is 322 g/mol. The van der Waals surface area contributed by atoms with Gasteiger partial charge in [-0.25, -0.2) is 4.98 Å². The maximum absolute atomic E-state index is 12.6. The number of aliphatic carboxylic acids is 1. The predicted octanol–water partition coefficient (Wildman–Crippen LogP) is 2.84. The Balaban J connectivity index is 1.69. The fourth-order valence-electron chi connectivity index (χ4n) is 3.49. The lowest BCUT2D eigenvalue weighted by Crippen LogP contribution is -2.53. The van der Waals surface area contributed by atoms with Crippen LogP contribution >= 0.6 is 11.3 Å². The van der Waals surface area contributed by atoms with Crippen LogP contribution in [0.1, 0.15) is 55.6 Å². The summed E-state index contributed by atoms with van der Waals surface area (Å²) < 4.78 is 0. The molecule has 1 aromatic heterocycles. The number of carboxylic acid groups (broad SMARTS) is 1. The topological polar surface area (TPSA) is 79.3 Å². The highest BCUT2D eigenvalue weighted by Gasteiger charge is 2.44. The van der Waals surface area contributed by atoms with Crippen molar-refractivity contribution in [3.05, 3.63) is 16.1 Å². The van der Waals surface area contributed by atoms with Gasteiger partial charge in [-0.3, -0.25) is 9.59 Å². The predicted molar refractivity (Wildman–Crippen MR) is 83.6 cm³/mol. The first-order valence-corrected chi connectivity index (χ1v) is 8.85. The van der Waals surface area contributed by atoms with Crippen LogP contribution in [0.3, 0.4) is 0 Å². The first-order valence-electron chi connectivity index (χ1n) is 7.98. The molecule has 0 spiro atoms. The number of hydrogen-bond acceptors (Lipinski definition) is 4. The van der Waals surface area contributed by atoms with E-state index in [1.54, 1.807) is 11.3 Å². The number of nitrogens with one attached hydrogen (secondary N) is 1. The summed E-state index contributed by atoms with van der Waals surface area (Å²) in [6.07, 6.45) is 5.73. The Morgan fingerprint density at radius 2 is 2.05 bits per heavy atom. The molecule has 120 valence electrons. The van der Waals surface area contributed by atoms with E-state index < -0.39 is 5.97 Å². The molecule has 2 atom stereocenters. The van der Waals surface area contributed by atoms with E-state index in [2.05, 4.69) is 10.3 Å². The molecule has 0 aliphatic heterocycles. The maximum atomic E-state index is 12.6. The summed E-state index contributed by atoms with van der Waals surface area (Å²) in [5, 5.41) is 15.4. The second kappa shape index (κ2) is 5.99. The summed E-state index contributed by atoms with van der Waals surface area (Å²) in [7, 11) is 0. The zero-order valence-corrected chi connectivity index (χ0v) is 13.6. The average molecular weight is 322 g/mol. The van der Waals surface area contributed by atoms with E-state index in [4.69, 9.17) is 5.11 Å². The lowest BCUT2D eigenvalue weighted by atomic mass is 9.75. The molecule has 2 aliphatic carbocycles. The van der Waals surface area contributed by atoms with Gasteiger partial charge < -0.3 is 10.4 Å². The molecule has 2 unspecified atom stereocenters. The fourth-order valence-corrected chi connectivity index (χ4v) is 4.50. The molecular formula is C16H22N2O3S. The molecule has 6 heteroatoms. The van der Waals surface area contributed by atoms with Crippen LogP contribution in [-0.2, 0) is 15.1 Å². The fraction of sp³-hybridized carbons (Fsp3) is 0.688. The lowest BCUT2D eigenvalue weighted by Gasteiger charge is -2.42. The summed E-state index contributed by atoms with van der Waals surface area (Å²) in [5.74, 6) is -1.30. The van der Waals surface area contributed by atoms with Crippen LogP contribution in [0.5, 0.6) is 0 Å². The van der Waals surface area contributed by atoms with Crippen molar-refractivity contribution in [1.82, 2.24) is 10.3 Å². The van der Waals surface area contributed by atoms with Gasteiger partial charge in [0.15, 0.2) is 0 Å². The van der Waals surface area contributed by atoms with E-state index in [0.717, 1.165) is 42.8 Å². The minimum Gasteiger partial charge on any atom is -0.481 e. The number of rotatable bonds is 4. The number of amides is 1. The van der Waals surface area contributed by atoms with Gasteiger partial charge in [-0.05, 0) is 45.4 Å². The highest BCUT2D eigenvalue weighted by molar-refractivity contribution is 7.09. The number of carbonyl (C=O) groups excluding carboxylic acids is 1. The average Bonchev–Trinajstić information content (AvgIpc) is 2.89. The van der Waals surface area contributed by atoms with Crippen LogP contribution < -0.4 is 5.32 Å². The van der Waals surface area contributed by atoms with Gasteiger partial charge in [-0.2, -0.15) is 0 Å². The minimum absolute atomic E-state index is 0.0125. The van der Waals surface area contributed by atoms with Crippen molar-refractivity contribution in [3.63, 3.8) is 0 Å². The van der Waals surface area contributed by atoms with Gasteiger partial charge in [-0.1, -0.05) is 6.42 Å². The Hall–Kier alpha value is -1.43. The number of aromatic nitrogens is 1. The molecule has 2 fully saturated rings. The van der Waals surface area contributed by atoms with Crippen molar-refractivity contribution in [2.24, 2.45) is 11.8 Å². The molecule has 5 nitrogen and oxygen atoms in total. The molecule has 2 N–H and O–H groups in total. The standard InChI is InChI=1S/C16H22N2O3S/c1-10-9-22-15(17-10)16(6-3-7-16)18-13(19)11-4-2-5-12(8-11)14(20)21/h9,11-12H,2-8H2,1H3,(H,18,19)(H,20,21). The third-order valence-electron chi connectivity index (χ3n) is 4.99. The lowest BCUT2D eigenvalue weighted by molar-refractivity contribution is -0.144. The summed E-state index contributed by atoms with van der Waals surface area (Å²) in [5.41, 5.74) is 0.691. The molecule has 3 rings (SSSR count). The zero-order chi connectivity index (χ0) is 15.7.